The van der Waals surface area contributed by atoms with Crippen molar-refractivity contribution >= 4 is 35.0 Å². The maximum Gasteiger partial charge on any atom is 0.256 e. The number of anilines is 1. The average Bonchev–Trinajstić information content (AvgIpc) is 2.93. The van der Waals surface area contributed by atoms with Crippen LogP contribution in [0.5, 0.6) is 0 Å². The van der Waals surface area contributed by atoms with Crippen molar-refractivity contribution in [1.29, 1.82) is 0 Å². The maximum atomic E-state index is 13.5. The lowest BCUT2D eigenvalue weighted by atomic mass is 9.98. The molecule has 4 rings (SSSR count). The van der Waals surface area contributed by atoms with Crippen molar-refractivity contribution < 1.29 is 4.79 Å². The van der Waals surface area contributed by atoms with E-state index in [0.717, 1.165) is 46.9 Å². The molecule has 0 unspecified atom stereocenters. The van der Waals surface area contributed by atoms with Gasteiger partial charge >= 0.3 is 0 Å². The molecule has 0 aliphatic carbocycles. The lowest BCUT2D eigenvalue weighted by molar-refractivity contribution is 0.102. The number of amides is 1. The summed E-state index contributed by atoms with van der Waals surface area (Å²) in [7, 11) is 0. The molecule has 0 aliphatic rings. The van der Waals surface area contributed by atoms with Crippen LogP contribution in [0.2, 0.25) is 5.02 Å². The summed E-state index contributed by atoms with van der Waals surface area (Å²) in [4.78, 5) is 21.3. The minimum atomic E-state index is -0.167. The highest BCUT2D eigenvalue weighted by Gasteiger charge is 2.16. The summed E-state index contributed by atoms with van der Waals surface area (Å²) in [6.07, 6.45) is 3.77. The number of benzene rings is 3. The molecule has 6 heteroatoms. The summed E-state index contributed by atoms with van der Waals surface area (Å²) in [5, 5.41) is 3.64. The number of pyridine rings is 1. The van der Waals surface area contributed by atoms with Gasteiger partial charge in [-0.25, -0.2) is 0 Å². The molecule has 4 aromatic rings. The van der Waals surface area contributed by atoms with Crippen LogP contribution in [0, 0.1) is 0 Å². The number of nitrogens with one attached hydrogen (secondary N) is 1. The second-order valence-electron chi connectivity index (χ2n) is 8.43. The molecule has 0 bridgehead atoms. The summed E-state index contributed by atoms with van der Waals surface area (Å²) < 4.78 is 0. The van der Waals surface area contributed by atoms with Gasteiger partial charge in [-0.3, -0.25) is 14.7 Å². The molecule has 0 atom stereocenters. The predicted octanol–water partition coefficient (Wildman–Crippen LogP) is 7.89. The van der Waals surface area contributed by atoms with E-state index in [9.17, 15) is 4.79 Å². The van der Waals surface area contributed by atoms with Gasteiger partial charge in [-0.15, -0.1) is 11.8 Å². The van der Waals surface area contributed by atoms with Crippen LogP contribution in [0.15, 0.2) is 90.0 Å². The predicted molar refractivity (Wildman–Crippen MR) is 153 cm³/mol. The Morgan fingerprint density at radius 3 is 2.39 bits per heavy atom. The Balaban J connectivity index is 1.63. The Kier molecular flexibility index (Phi) is 8.81. The first-order valence-corrected chi connectivity index (χ1v) is 13.6. The number of rotatable bonds is 9. The molecule has 184 valence electrons. The number of nitrogens with zero attached hydrogens (tertiary/aromatic N) is 2. The van der Waals surface area contributed by atoms with Crippen molar-refractivity contribution in [3.8, 4) is 22.4 Å². The first-order chi connectivity index (χ1) is 17.5. The molecule has 1 aromatic heterocycles. The van der Waals surface area contributed by atoms with Crippen molar-refractivity contribution in [1.82, 2.24) is 9.88 Å². The zero-order valence-electron chi connectivity index (χ0n) is 20.8. The minimum absolute atomic E-state index is 0.167. The summed E-state index contributed by atoms with van der Waals surface area (Å²) in [6, 6.07) is 25.6. The highest BCUT2D eigenvalue weighted by atomic mass is 35.5. The van der Waals surface area contributed by atoms with E-state index in [-0.39, 0.29) is 5.91 Å². The van der Waals surface area contributed by atoms with Gasteiger partial charge in [-0.1, -0.05) is 55.8 Å². The standard InChI is InChI=1S/C30H30ClN3OS/c1-4-34(5-2)20-21-9-11-22(12-10-21)26-19-24(36-3)14-15-25(26)30(35)33-23-13-16-28(31)27(18-23)29-8-6-7-17-32-29/h6-19H,4-5,20H2,1-3H3,(H,33,35). The second-order valence-corrected chi connectivity index (χ2v) is 9.72. The van der Waals surface area contributed by atoms with E-state index in [4.69, 9.17) is 11.6 Å². The lowest BCUT2D eigenvalue weighted by Gasteiger charge is -2.18. The van der Waals surface area contributed by atoms with Gasteiger partial charge in [0.1, 0.15) is 0 Å². The Hall–Kier alpha value is -3.12. The zero-order chi connectivity index (χ0) is 25.5. The molecule has 0 fully saturated rings. The zero-order valence-corrected chi connectivity index (χ0v) is 22.4. The average molecular weight is 516 g/mol. The van der Waals surface area contributed by atoms with Crippen molar-refractivity contribution in [2.24, 2.45) is 0 Å². The third-order valence-corrected chi connectivity index (χ3v) is 7.26. The number of aromatic nitrogens is 1. The Bertz CT molecular complexity index is 1320. The minimum Gasteiger partial charge on any atom is -0.322 e. The molecule has 0 saturated carbocycles. The third kappa shape index (κ3) is 6.16. The van der Waals surface area contributed by atoms with E-state index < -0.39 is 0 Å². The van der Waals surface area contributed by atoms with Crippen LogP contribution in [0.25, 0.3) is 22.4 Å². The Labute approximate surface area is 222 Å². The molecule has 36 heavy (non-hydrogen) atoms. The lowest BCUT2D eigenvalue weighted by Crippen LogP contribution is -2.21. The number of hydrogen-bond acceptors (Lipinski definition) is 4. The first kappa shape index (κ1) is 26.0. The van der Waals surface area contributed by atoms with E-state index in [0.29, 0.717) is 16.3 Å². The van der Waals surface area contributed by atoms with Crippen LogP contribution in [0.3, 0.4) is 0 Å². The van der Waals surface area contributed by atoms with Crippen molar-refractivity contribution in [3.05, 3.63) is 101 Å². The van der Waals surface area contributed by atoms with Gasteiger partial charge in [0.05, 0.1) is 10.7 Å². The van der Waals surface area contributed by atoms with Gasteiger partial charge in [-0.05, 0) is 84.6 Å². The van der Waals surface area contributed by atoms with Crippen LogP contribution in [0.4, 0.5) is 5.69 Å². The van der Waals surface area contributed by atoms with Crippen LogP contribution in [0.1, 0.15) is 29.8 Å². The summed E-state index contributed by atoms with van der Waals surface area (Å²) >= 11 is 8.09. The smallest absolute Gasteiger partial charge is 0.256 e. The molecule has 0 saturated heterocycles. The first-order valence-electron chi connectivity index (χ1n) is 12.0. The van der Waals surface area contributed by atoms with Crippen LogP contribution in [-0.4, -0.2) is 35.1 Å². The van der Waals surface area contributed by atoms with Gasteiger partial charge in [-0.2, -0.15) is 0 Å². The molecule has 0 aliphatic heterocycles. The Morgan fingerprint density at radius 1 is 0.944 bits per heavy atom. The van der Waals surface area contributed by atoms with Gasteiger partial charge in [0.2, 0.25) is 0 Å². The van der Waals surface area contributed by atoms with Crippen LogP contribution in [-0.2, 0) is 6.54 Å². The second kappa shape index (κ2) is 12.2. The molecule has 1 heterocycles. The number of hydrogen-bond donors (Lipinski definition) is 1. The molecular formula is C30H30ClN3OS. The molecule has 0 radical (unpaired) electrons. The van der Waals surface area contributed by atoms with Gasteiger partial charge < -0.3 is 5.32 Å². The fourth-order valence-electron chi connectivity index (χ4n) is 4.10. The summed E-state index contributed by atoms with van der Waals surface area (Å²) in [6.45, 7) is 7.31. The maximum absolute atomic E-state index is 13.5. The highest BCUT2D eigenvalue weighted by Crippen LogP contribution is 2.32. The fraction of sp³-hybridized carbons (Fsp3) is 0.200. The topological polar surface area (TPSA) is 45.2 Å². The SMILES string of the molecule is CCN(CC)Cc1ccc(-c2cc(SC)ccc2C(=O)Nc2ccc(Cl)c(-c3ccccn3)c2)cc1. The summed E-state index contributed by atoms with van der Waals surface area (Å²) in [5.41, 5.74) is 6.01. The van der Waals surface area contributed by atoms with Crippen molar-refractivity contribution in [2.75, 3.05) is 24.7 Å². The highest BCUT2D eigenvalue weighted by molar-refractivity contribution is 7.98. The van der Waals surface area contributed by atoms with Crippen LogP contribution < -0.4 is 5.32 Å². The van der Waals surface area contributed by atoms with E-state index in [1.165, 1.54) is 5.56 Å². The molecular weight excluding hydrogens is 486 g/mol. The quantitative estimate of drug-likeness (QED) is 0.230. The normalized spacial score (nSPS) is 11.0. The molecule has 1 amide bonds. The van der Waals surface area contributed by atoms with Crippen molar-refractivity contribution in [2.45, 2.75) is 25.3 Å². The number of carbonyl (C=O) groups is 1. The monoisotopic (exact) mass is 515 g/mol. The van der Waals surface area contributed by atoms with Gasteiger partial charge in [0.15, 0.2) is 0 Å². The van der Waals surface area contributed by atoms with Gasteiger partial charge in [0, 0.05) is 34.5 Å². The Morgan fingerprint density at radius 2 is 1.72 bits per heavy atom. The number of halogens is 1. The largest absolute Gasteiger partial charge is 0.322 e. The summed E-state index contributed by atoms with van der Waals surface area (Å²) in [5.74, 6) is -0.167. The van der Waals surface area contributed by atoms with E-state index in [1.54, 1.807) is 24.0 Å². The third-order valence-electron chi connectivity index (χ3n) is 6.20. The van der Waals surface area contributed by atoms with Crippen molar-refractivity contribution in [3.63, 3.8) is 0 Å². The van der Waals surface area contributed by atoms with E-state index in [1.807, 2.05) is 48.7 Å². The van der Waals surface area contributed by atoms with Gasteiger partial charge in [0.25, 0.3) is 5.91 Å². The fourth-order valence-corrected chi connectivity index (χ4v) is 4.76. The number of thioether (sulfide) groups is 1. The van der Waals surface area contributed by atoms with E-state index >= 15 is 0 Å². The molecule has 3 aromatic carbocycles. The molecule has 0 spiro atoms. The molecule has 4 nitrogen and oxygen atoms in total. The number of carbonyl (C=O) groups excluding carboxylic acids is 1. The van der Waals surface area contributed by atoms with E-state index in [2.05, 4.69) is 59.4 Å². The molecule has 1 N–H and O–H groups in total. The van der Waals surface area contributed by atoms with Crippen LogP contribution >= 0.6 is 23.4 Å².